The molecule has 8 heteroatoms. The van der Waals surface area contributed by atoms with Gasteiger partial charge in [0.15, 0.2) is 5.82 Å². The number of nitrogens with one attached hydrogen (secondary N) is 1. The minimum absolute atomic E-state index is 0.0554. The molecule has 4 rings (SSSR count). The molecule has 0 atom stereocenters. The van der Waals surface area contributed by atoms with Crippen LogP contribution in [0.1, 0.15) is 15.9 Å². The molecule has 3 aromatic rings. The molecule has 1 aliphatic rings. The Kier molecular flexibility index (Phi) is 4.08. The van der Waals surface area contributed by atoms with Crippen LogP contribution >= 0.6 is 0 Å². The third kappa shape index (κ3) is 3.12. The Bertz CT molecular complexity index is 1050. The molecule has 2 aromatic carbocycles. The highest BCUT2D eigenvalue weighted by molar-refractivity contribution is 5.95. The smallest absolute Gasteiger partial charge is 0.269 e. The third-order valence-electron chi connectivity index (χ3n) is 4.52. The maximum atomic E-state index is 12.5. The summed E-state index contributed by atoms with van der Waals surface area (Å²) < 4.78 is 5.25. The number of nitro benzene ring substituents is 1. The summed E-state index contributed by atoms with van der Waals surface area (Å²) in [6, 6.07) is 13.3. The van der Waals surface area contributed by atoms with Crippen molar-refractivity contribution in [2.24, 2.45) is 0 Å². The summed E-state index contributed by atoms with van der Waals surface area (Å²) in [4.78, 5) is 27.4. The molecule has 0 fully saturated rings. The van der Waals surface area contributed by atoms with Gasteiger partial charge >= 0.3 is 0 Å². The maximum Gasteiger partial charge on any atom is 0.269 e. The van der Waals surface area contributed by atoms with Crippen molar-refractivity contribution in [2.75, 3.05) is 18.7 Å². The Labute approximate surface area is 154 Å². The topological polar surface area (TPSA) is 97.6 Å². The van der Waals surface area contributed by atoms with E-state index in [0.717, 1.165) is 28.6 Å². The first-order valence-electron chi connectivity index (χ1n) is 8.36. The van der Waals surface area contributed by atoms with E-state index >= 15 is 0 Å². The van der Waals surface area contributed by atoms with Crippen LogP contribution < -0.4 is 15.2 Å². The van der Waals surface area contributed by atoms with E-state index in [-0.39, 0.29) is 11.6 Å². The van der Waals surface area contributed by atoms with Gasteiger partial charge in [0.2, 0.25) is 0 Å². The average molecular weight is 364 g/mol. The summed E-state index contributed by atoms with van der Waals surface area (Å²) in [5.41, 5.74) is 4.95. The number of fused-ring (bicyclic) bond motifs is 2. The van der Waals surface area contributed by atoms with E-state index in [1.165, 1.54) is 24.3 Å². The van der Waals surface area contributed by atoms with Gasteiger partial charge in [0.05, 0.1) is 17.5 Å². The quantitative estimate of drug-likeness (QED) is 0.565. The minimum atomic E-state index is -0.498. The van der Waals surface area contributed by atoms with Gasteiger partial charge in [-0.05, 0) is 42.3 Å². The number of rotatable bonds is 4. The number of hydrazine groups is 1. The van der Waals surface area contributed by atoms with E-state index in [1.54, 1.807) is 12.1 Å². The number of non-ortho nitro benzene ring substituents is 1. The van der Waals surface area contributed by atoms with E-state index in [4.69, 9.17) is 4.74 Å². The highest BCUT2D eigenvalue weighted by Gasteiger charge is 2.23. The molecule has 1 aromatic heterocycles. The molecule has 2 heterocycles. The van der Waals surface area contributed by atoms with Crippen LogP contribution in [0, 0.1) is 10.1 Å². The number of methoxy groups -OCH3 is 1. The molecule has 136 valence electrons. The molecular formula is C19H16N4O4. The fourth-order valence-electron chi connectivity index (χ4n) is 3.09. The van der Waals surface area contributed by atoms with E-state index in [1.807, 2.05) is 18.2 Å². The number of benzene rings is 2. The first-order valence-corrected chi connectivity index (χ1v) is 8.36. The van der Waals surface area contributed by atoms with E-state index in [9.17, 15) is 14.9 Å². The molecule has 0 spiro atoms. The summed E-state index contributed by atoms with van der Waals surface area (Å²) in [6.45, 7) is 0.606. The maximum absolute atomic E-state index is 12.5. The largest absolute Gasteiger partial charge is 0.497 e. The lowest BCUT2D eigenvalue weighted by molar-refractivity contribution is -0.384. The van der Waals surface area contributed by atoms with Crippen LogP contribution in [0.25, 0.3) is 10.9 Å². The van der Waals surface area contributed by atoms with Crippen molar-refractivity contribution in [2.45, 2.75) is 6.42 Å². The zero-order valence-corrected chi connectivity index (χ0v) is 14.5. The molecule has 1 aliphatic heterocycles. The second kappa shape index (κ2) is 6.56. The molecule has 0 unspecified atom stereocenters. The number of pyridine rings is 1. The van der Waals surface area contributed by atoms with Gasteiger partial charge in [0.1, 0.15) is 5.75 Å². The summed E-state index contributed by atoms with van der Waals surface area (Å²) in [7, 11) is 1.60. The Hall–Kier alpha value is -3.68. The Morgan fingerprint density at radius 1 is 1.22 bits per heavy atom. The lowest BCUT2D eigenvalue weighted by Gasteiger charge is -2.19. The summed E-state index contributed by atoms with van der Waals surface area (Å²) in [6.07, 6.45) is 0.769. The van der Waals surface area contributed by atoms with Crippen molar-refractivity contribution in [1.29, 1.82) is 0 Å². The molecule has 0 saturated carbocycles. The van der Waals surface area contributed by atoms with Crippen molar-refractivity contribution >= 4 is 28.3 Å². The molecule has 1 amide bonds. The summed E-state index contributed by atoms with van der Waals surface area (Å²) in [5.74, 6) is 1.07. The second-order valence-electron chi connectivity index (χ2n) is 6.18. The van der Waals surface area contributed by atoms with Crippen LogP contribution in [0.2, 0.25) is 0 Å². The molecule has 0 bridgehead atoms. The molecule has 0 radical (unpaired) electrons. The Morgan fingerprint density at radius 2 is 2.00 bits per heavy atom. The van der Waals surface area contributed by atoms with Crippen LogP contribution in [0.4, 0.5) is 11.5 Å². The second-order valence-corrected chi connectivity index (χ2v) is 6.18. The van der Waals surface area contributed by atoms with E-state index < -0.39 is 4.92 Å². The summed E-state index contributed by atoms with van der Waals surface area (Å²) >= 11 is 0. The predicted molar refractivity (Wildman–Crippen MR) is 99.9 cm³/mol. The third-order valence-corrected chi connectivity index (χ3v) is 4.52. The number of nitrogens with zero attached hydrogens (tertiary/aromatic N) is 3. The van der Waals surface area contributed by atoms with Gasteiger partial charge in [-0.1, -0.05) is 0 Å². The number of anilines is 1. The van der Waals surface area contributed by atoms with Gasteiger partial charge in [-0.25, -0.2) is 4.98 Å². The number of ether oxygens (including phenoxy) is 1. The number of nitro groups is 1. The number of aromatic nitrogens is 1. The first-order chi connectivity index (χ1) is 13.0. The molecule has 8 nitrogen and oxygen atoms in total. The number of hydrogen-bond acceptors (Lipinski definition) is 6. The van der Waals surface area contributed by atoms with Crippen LogP contribution in [-0.2, 0) is 6.42 Å². The van der Waals surface area contributed by atoms with Crippen molar-refractivity contribution in [3.63, 3.8) is 0 Å². The average Bonchev–Trinajstić information content (AvgIpc) is 3.07. The Balaban J connectivity index is 1.58. The van der Waals surface area contributed by atoms with Gasteiger partial charge in [-0.2, -0.15) is 0 Å². The van der Waals surface area contributed by atoms with Crippen molar-refractivity contribution < 1.29 is 14.5 Å². The normalized spacial score (nSPS) is 12.7. The molecule has 1 N–H and O–H groups in total. The van der Waals surface area contributed by atoms with Gasteiger partial charge < -0.3 is 4.74 Å². The van der Waals surface area contributed by atoms with E-state index in [0.29, 0.717) is 17.9 Å². The van der Waals surface area contributed by atoms with Crippen LogP contribution in [0.3, 0.4) is 0 Å². The van der Waals surface area contributed by atoms with Gasteiger partial charge in [0, 0.05) is 35.7 Å². The predicted octanol–water partition coefficient (Wildman–Crippen LogP) is 2.86. The lowest BCUT2D eigenvalue weighted by atomic mass is 10.1. The van der Waals surface area contributed by atoms with Gasteiger partial charge in [-0.3, -0.25) is 25.3 Å². The monoisotopic (exact) mass is 364 g/mol. The van der Waals surface area contributed by atoms with Gasteiger partial charge in [0.25, 0.3) is 11.6 Å². The number of carbonyl (C=O) groups is 1. The lowest BCUT2D eigenvalue weighted by Crippen LogP contribution is -2.41. The molecular weight excluding hydrogens is 348 g/mol. The molecule has 0 saturated heterocycles. The van der Waals surface area contributed by atoms with Crippen molar-refractivity contribution in [3.05, 3.63) is 69.8 Å². The highest BCUT2D eigenvalue weighted by atomic mass is 16.6. The van der Waals surface area contributed by atoms with Gasteiger partial charge in [-0.15, -0.1) is 0 Å². The van der Waals surface area contributed by atoms with Crippen LogP contribution in [0.5, 0.6) is 5.75 Å². The SMILES string of the molecule is COc1ccc2cc3c(nc2c1)N(NC(=O)c1ccc([N+](=O)[O-])cc1)CC3. The van der Waals surface area contributed by atoms with E-state index in [2.05, 4.69) is 16.5 Å². The number of amides is 1. The van der Waals surface area contributed by atoms with Crippen molar-refractivity contribution in [1.82, 2.24) is 10.4 Å². The zero-order valence-electron chi connectivity index (χ0n) is 14.5. The highest BCUT2D eigenvalue weighted by Crippen LogP contribution is 2.30. The Morgan fingerprint density at radius 3 is 2.70 bits per heavy atom. The number of carbonyl (C=O) groups excluding carboxylic acids is 1. The number of hydrogen-bond donors (Lipinski definition) is 1. The van der Waals surface area contributed by atoms with Crippen LogP contribution in [-0.4, -0.2) is 29.5 Å². The molecule has 0 aliphatic carbocycles. The first kappa shape index (κ1) is 16.8. The molecule has 27 heavy (non-hydrogen) atoms. The zero-order chi connectivity index (χ0) is 19.0. The summed E-state index contributed by atoms with van der Waals surface area (Å²) in [5, 5.41) is 13.4. The fourth-order valence-corrected chi connectivity index (χ4v) is 3.09. The fraction of sp³-hybridized carbons (Fsp3) is 0.158. The standard InChI is InChI=1S/C19H16N4O4/c1-27-16-7-4-13-10-14-8-9-22(18(14)20-17(13)11-16)21-19(24)12-2-5-15(6-3-12)23(25)26/h2-7,10-11H,8-9H2,1H3,(H,21,24). The minimum Gasteiger partial charge on any atom is -0.497 e. The van der Waals surface area contributed by atoms with Crippen LogP contribution in [0.15, 0.2) is 48.5 Å². The van der Waals surface area contributed by atoms with Crippen molar-refractivity contribution in [3.8, 4) is 5.75 Å².